The fourth-order valence-electron chi connectivity index (χ4n) is 1.22. The Morgan fingerprint density at radius 2 is 1.85 bits per heavy atom. The SMILES string of the molecule is CN(CCC(=O)O)S(=O)(=O)Nc1cc(Cl)c(O)c(Cl)c1. The Hall–Kier alpha value is -1.22. The van der Waals surface area contributed by atoms with Gasteiger partial charge in [-0.3, -0.25) is 9.52 Å². The highest BCUT2D eigenvalue weighted by Gasteiger charge is 2.19. The van der Waals surface area contributed by atoms with Crippen molar-refractivity contribution in [1.82, 2.24) is 4.31 Å². The van der Waals surface area contributed by atoms with E-state index >= 15 is 0 Å². The maximum absolute atomic E-state index is 11.9. The van der Waals surface area contributed by atoms with Crippen LogP contribution in [0.2, 0.25) is 10.0 Å². The van der Waals surface area contributed by atoms with Crippen molar-refractivity contribution in [3.8, 4) is 5.75 Å². The molecule has 1 aromatic rings. The first-order valence-electron chi connectivity index (χ1n) is 5.27. The number of phenols is 1. The topological polar surface area (TPSA) is 107 Å². The molecule has 20 heavy (non-hydrogen) atoms. The fourth-order valence-corrected chi connectivity index (χ4v) is 2.61. The van der Waals surface area contributed by atoms with Crippen LogP contribution in [0.25, 0.3) is 0 Å². The zero-order valence-electron chi connectivity index (χ0n) is 10.3. The van der Waals surface area contributed by atoms with Crippen molar-refractivity contribution in [2.45, 2.75) is 6.42 Å². The van der Waals surface area contributed by atoms with Gasteiger partial charge in [-0.1, -0.05) is 23.2 Å². The molecule has 0 aliphatic carbocycles. The lowest BCUT2D eigenvalue weighted by Gasteiger charge is -2.17. The fraction of sp³-hybridized carbons (Fsp3) is 0.300. The molecule has 0 aliphatic rings. The van der Waals surface area contributed by atoms with E-state index in [1.165, 1.54) is 19.2 Å². The van der Waals surface area contributed by atoms with Crippen molar-refractivity contribution in [2.24, 2.45) is 0 Å². The smallest absolute Gasteiger partial charge is 0.304 e. The summed E-state index contributed by atoms with van der Waals surface area (Å²) in [5.74, 6) is -1.46. The van der Waals surface area contributed by atoms with Crippen molar-refractivity contribution in [3.05, 3.63) is 22.2 Å². The van der Waals surface area contributed by atoms with Gasteiger partial charge in [0.1, 0.15) is 0 Å². The molecular formula is C10H12Cl2N2O5S. The van der Waals surface area contributed by atoms with Crippen LogP contribution in [-0.2, 0) is 15.0 Å². The number of nitrogens with zero attached hydrogens (tertiary/aromatic N) is 1. The number of carboxylic acids is 1. The highest BCUT2D eigenvalue weighted by Crippen LogP contribution is 2.34. The summed E-state index contributed by atoms with van der Waals surface area (Å²) in [4.78, 5) is 10.4. The van der Waals surface area contributed by atoms with Crippen LogP contribution in [0.5, 0.6) is 5.75 Å². The molecule has 112 valence electrons. The lowest BCUT2D eigenvalue weighted by Crippen LogP contribution is -2.34. The molecule has 0 aromatic heterocycles. The third-order valence-electron chi connectivity index (χ3n) is 2.31. The number of anilines is 1. The normalized spacial score (nSPS) is 11.6. The van der Waals surface area contributed by atoms with Crippen LogP contribution in [0.1, 0.15) is 6.42 Å². The van der Waals surface area contributed by atoms with E-state index in [9.17, 15) is 18.3 Å². The molecule has 0 radical (unpaired) electrons. The predicted octanol–water partition coefficient (Wildman–Crippen LogP) is 1.76. The van der Waals surface area contributed by atoms with Gasteiger partial charge in [-0.15, -0.1) is 0 Å². The third-order valence-corrected chi connectivity index (χ3v) is 4.39. The molecule has 0 saturated heterocycles. The Kier molecular flexibility index (Phi) is 5.46. The summed E-state index contributed by atoms with van der Waals surface area (Å²) in [7, 11) is -2.70. The van der Waals surface area contributed by atoms with Crippen LogP contribution in [0.15, 0.2) is 12.1 Å². The van der Waals surface area contributed by atoms with Gasteiger partial charge < -0.3 is 10.2 Å². The summed E-state index contributed by atoms with van der Waals surface area (Å²) in [6, 6.07) is 2.37. The molecule has 0 unspecified atom stereocenters. The van der Waals surface area contributed by atoms with E-state index in [4.69, 9.17) is 28.3 Å². The first kappa shape index (κ1) is 16.8. The number of aliphatic carboxylic acids is 1. The summed E-state index contributed by atoms with van der Waals surface area (Å²) in [5.41, 5.74) is 0.0555. The summed E-state index contributed by atoms with van der Waals surface area (Å²) in [6.45, 7) is -0.190. The van der Waals surface area contributed by atoms with E-state index in [2.05, 4.69) is 4.72 Å². The van der Waals surface area contributed by atoms with Gasteiger partial charge in [0, 0.05) is 13.6 Å². The molecule has 0 saturated carbocycles. The molecule has 0 fully saturated rings. The van der Waals surface area contributed by atoms with E-state index in [0.29, 0.717) is 0 Å². The average Bonchev–Trinajstić information content (AvgIpc) is 2.32. The number of aromatic hydroxyl groups is 1. The van der Waals surface area contributed by atoms with Gasteiger partial charge in [-0.25, -0.2) is 0 Å². The van der Waals surface area contributed by atoms with E-state index in [-0.39, 0.29) is 34.4 Å². The second-order valence-corrected chi connectivity index (χ2v) is 6.45. The second-order valence-electron chi connectivity index (χ2n) is 3.86. The van der Waals surface area contributed by atoms with Crippen molar-refractivity contribution >= 4 is 45.1 Å². The Morgan fingerprint density at radius 1 is 1.35 bits per heavy atom. The van der Waals surface area contributed by atoms with Gasteiger partial charge >= 0.3 is 16.2 Å². The molecule has 7 nitrogen and oxygen atoms in total. The van der Waals surface area contributed by atoms with Gasteiger partial charge in [-0.2, -0.15) is 12.7 Å². The molecule has 3 N–H and O–H groups in total. The number of benzene rings is 1. The molecule has 0 aliphatic heterocycles. The van der Waals surface area contributed by atoms with Crippen molar-refractivity contribution in [1.29, 1.82) is 0 Å². The Bertz CT molecular complexity index is 597. The van der Waals surface area contributed by atoms with E-state index in [1.807, 2.05) is 0 Å². The molecule has 0 amide bonds. The molecular weight excluding hydrogens is 331 g/mol. The van der Waals surface area contributed by atoms with Crippen LogP contribution in [0, 0.1) is 0 Å². The van der Waals surface area contributed by atoms with E-state index < -0.39 is 16.2 Å². The molecule has 1 rings (SSSR count). The Balaban J connectivity index is 2.88. The minimum absolute atomic E-state index is 0.0555. The van der Waals surface area contributed by atoms with Crippen molar-refractivity contribution < 1.29 is 23.4 Å². The Morgan fingerprint density at radius 3 is 2.30 bits per heavy atom. The van der Waals surface area contributed by atoms with Crippen LogP contribution < -0.4 is 4.72 Å². The maximum atomic E-state index is 11.9. The standard InChI is InChI=1S/C10H12Cl2N2O5S/c1-14(3-2-9(15)16)20(18,19)13-6-4-7(11)10(17)8(12)5-6/h4-5,13,17H,2-3H2,1H3,(H,15,16). The van der Waals surface area contributed by atoms with Gasteiger partial charge in [0.25, 0.3) is 0 Å². The molecule has 0 bridgehead atoms. The summed E-state index contributed by atoms with van der Waals surface area (Å²) >= 11 is 11.3. The van der Waals surface area contributed by atoms with Gasteiger partial charge in [0.2, 0.25) is 0 Å². The van der Waals surface area contributed by atoms with Gasteiger partial charge in [-0.05, 0) is 12.1 Å². The van der Waals surface area contributed by atoms with Gasteiger partial charge in [0.05, 0.1) is 22.2 Å². The number of carbonyl (C=O) groups is 1. The molecule has 10 heteroatoms. The highest BCUT2D eigenvalue weighted by molar-refractivity contribution is 7.90. The van der Waals surface area contributed by atoms with Crippen LogP contribution in [0.3, 0.4) is 0 Å². The quantitative estimate of drug-likeness (QED) is 0.683. The lowest BCUT2D eigenvalue weighted by atomic mass is 10.3. The zero-order chi connectivity index (χ0) is 15.5. The van der Waals surface area contributed by atoms with Crippen LogP contribution in [-0.4, -0.2) is 42.5 Å². The van der Waals surface area contributed by atoms with Crippen molar-refractivity contribution in [3.63, 3.8) is 0 Å². The van der Waals surface area contributed by atoms with E-state index in [0.717, 1.165) is 4.31 Å². The molecule has 0 atom stereocenters. The number of phenolic OH excluding ortho intramolecular Hbond substituents is 1. The predicted molar refractivity (Wildman–Crippen MR) is 75.6 cm³/mol. The largest absolute Gasteiger partial charge is 0.505 e. The van der Waals surface area contributed by atoms with Gasteiger partial charge in [0.15, 0.2) is 5.75 Å². The third kappa shape index (κ3) is 4.41. The number of nitrogens with one attached hydrogen (secondary N) is 1. The van der Waals surface area contributed by atoms with Crippen LogP contribution >= 0.6 is 23.2 Å². The molecule has 0 heterocycles. The minimum Gasteiger partial charge on any atom is -0.505 e. The first-order valence-corrected chi connectivity index (χ1v) is 7.47. The second kappa shape index (κ2) is 6.49. The Labute approximate surface area is 125 Å². The molecule has 1 aromatic carbocycles. The summed E-state index contributed by atoms with van der Waals surface area (Å²) < 4.78 is 26.8. The maximum Gasteiger partial charge on any atom is 0.304 e. The molecule has 0 spiro atoms. The van der Waals surface area contributed by atoms with Crippen LogP contribution in [0.4, 0.5) is 5.69 Å². The monoisotopic (exact) mass is 342 g/mol. The first-order chi connectivity index (χ1) is 9.13. The average molecular weight is 343 g/mol. The number of rotatable bonds is 6. The number of hydrogen-bond acceptors (Lipinski definition) is 4. The number of hydrogen-bond donors (Lipinski definition) is 3. The highest BCUT2D eigenvalue weighted by atomic mass is 35.5. The van der Waals surface area contributed by atoms with Crippen molar-refractivity contribution in [2.75, 3.05) is 18.3 Å². The number of carboxylic acid groups (broad SMARTS) is 1. The number of halogens is 2. The minimum atomic E-state index is -3.93. The summed E-state index contributed by atoms with van der Waals surface area (Å²) in [6.07, 6.45) is -0.325. The van der Waals surface area contributed by atoms with E-state index in [1.54, 1.807) is 0 Å². The summed E-state index contributed by atoms with van der Waals surface area (Å²) in [5, 5.41) is 17.7. The zero-order valence-corrected chi connectivity index (χ0v) is 12.6. The lowest BCUT2D eigenvalue weighted by molar-refractivity contribution is -0.137.